The number of hydrogen-bond acceptors (Lipinski definition) is 5. The Bertz CT molecular complexity index is 418. The first-order chi connectivity index (χ1) is 8.50. The van der Waals surface area contributed by atoms with Gasteiger partial charge in [0.2, 0.25) is 0 Å². The van der Waals surface area contributed by atoms with Crippen LogP contribution in [0.15, 0.2) is 6.33 Å². The summed E-state index contributed by atoms with van der Waals surface area (Å²) in [7, 11) is 2.17. The Kier molecular flexibility index (Phi) is 3.71. The number of nitrogen functional groups attached to an aromatic ring is 1. The van der Waals surface area contributed by atoms with Gasteiger partial charge in [-0.25, -0.2) is 9.97 Å². The number of anilines is 2. The lowest BCUT2D eigenvalue weighted by Crippen LogP contribution is -2.50. The molecule has 18 heavy (non-hydrogen) atoms. The highest BCUT2D eigenvalue weighted by Crippen LogP contribution is 2.30. The molecule has 5 heteroatoms. The summed E-state index contributed by atoms with van der Waals surface area (Å²) < 4.78 is 0. The molecule has 1 atom stereocenters. The van der Waals surface area contributed by atoms with Crippen molar-refractivity contribution in [2.75, 3.05) is 37.3 Å². The van der Waals surface area contributed by atoms with Gasteiger partial charge < -0.3 is 15.5 Å². The van der Waals surface area contributed by atoms with E-state index in [1.54, 1.807) is 6.33 Å². The summed E-state index contributed by atoms with van der Waals surface area (Å²) in [5, 5.41) is 0. The molecule has 0 aliphatic carbocycles. The van der Waals surface area contributed by atoms with Crippen molar-refractivity contribution in [1.82, 2.24) is 14.9 Å². The summed E-state index contributed by atoms with van der Waals surface area (Å²) in [4.78, 5) is 13.3. The number of aromatic nitrogens is 2. The van der Waals surface area contributed by atoms with E-state index in [9.17, 15) is 0 Å². The van der Waals surface area contributed by atoms with Crippen molar-refractivity contribution in [1.29, 1.82) is 0 Å². The van der Waals surface area contributed by atoms with E-state index in [-0.39, 0.29) is 0 Å². The Morgan fingerprint density at radius 3 is 2.67 bits per heavy atom. The van der Waals surface area contributed by atoms with Crippen LogP contribution in [0, 0.1) is 0 Å². The van der Waals surface area contributed by atoms with E-state index in [1.165, 1.54) is 0 Å². The van der Waals surface area contributed by atoms with Crippen LogP contribution in [0.2, 0.25) is 0 Å². The van der Waals surface area contributed by atoms with Gasteiger partial charge in [0.05, 0.1) is 0 Å². The minimum absolute atomic E-state index is 0.344. The van der Waals surface area contributed by atoms with Crippen molar-refractivity contribution >= 4 is 11.6 Å². The smallest absolute Gasteiger partial charge is 0.137 e. The minimum atomic E-state index is 0.344. The van der Waals surface area contributed by atoms with Crippen LogP contribution in [-0.4, -0.2) is 47.6 Å². The summed E-state index contributed by atoms with van der Waals surface area (Å²) in [5.74, 6) is 1.97. The molecule has 0 radical (unpaired) electrons. The van der Waals surface area contributed by atoms with E-state index in [0.717, 1.165) is 31.0 Å². The van der Waals surface area contributed by atoms with Crippen LogP contribution < -0.4 is 10.6 Å². The maximum absolute atomic E-state index is 6.00. The number of rotatable bonds is 2. The average molecular weight is 249 g/mol. The number of hydrogen-bond donors (Lipinski definition) is 1. The van der Waals surface area contributed by atoms with E-state index in [1.807, 2.05) is 0 Å². The molecule has 2 heterocycles. The third kappa shape index (κ3) is 2.41. The van der Waals surface area contributed by atoms with Crippen molar-refractivity contribution in [2.24, 2.45) is 0 Å². The zero-order valence-electron chi connectivity index (χ0n) is 11.7. The standard InChI is InChI=1S/C13H23N5/c1-9(2)11-12(14)15-8-16-13(11)18-6-5-17(4)10(3)7-18/h8-10H,5-7H2,1-4H3,(H2,14,15,16). The van der Waals surface area contributed by atoms with Crippen LogP contribution in [0.3, 0.4) is 0 Å². The summed E-state index contributed by atoms with van der Waals surface area (Å²) in [6.45, 7) is 9.56. The SMILES string of the molecule is CC(C)c1c(N)ncnc1N1CCN(C)C(C)C1. The van der Waals surface area contributed by atoms with E-state index in [4.69, 9.17) is 5.73 Å². The predicted molar refractivity (Wildman–Crippen MR) is 74.8 cm³/mol. The molecule has 1 aromatic heterocycles. The zero-order valence-corrected chi connectivity index (χ0v) is 11.7. The van der Waals surface area contributed by atoms with Crippen molar-refractivity contribution in [3.63, 3.8) is 0 Å². The summed E-state index contributed by atoms with van der Waals surface area (Å²) >= 11 is 0. The van der Waals surface area contributed by atoms with Gasteiger partial charge in [-0.15, -0.1) is 0 Å². The second-order valence-corrected chi connectivity index (χ2v) is 5.43. The molecule has 5 nitrogen and oxygen atoms in total. The Balaban J connectivity index is 2.31. The van der Waals surface area contributed by atoms with Crippen molar-refractivity contribution < 1.29 is 0 Å². The number of piperazine rings is 1. The molecule has 1 aliphatic rings. The second-order valence-electron chi connectivity index (χ2n) is 5.43. The molecule has 1 aromatic rings. The van der Waals surface area contributed by atoms with Gasteiger partial charge in [-0.1, -0.05) is 13.8 Å². The summed E-state index contributed by atoms with van der Waals surface area (Å²) in [6.07, 6.45) is 1.57. The lowest BCUT2D eigenvalue weighted by Gasteiger charge is -2.39. The van der Waals surface area contributed by atoms with Crippen LogP contribution in [0.25, 0.3) is 0 Å². The molecular formula is C13H23N5. The molecule has 0 bridgehead atoms. The third-order valence-electron chi connectivity index (χ3n) is 3.73. The van der Waals surface area contributed by atoms with E-state index in [2.05, 4.69) is 47.6 Å². The molecule has 0 saturated carbocycles. The van der Waals surface area contributed by atoms with Gasteiger partial charge in [0.25, 0.3) is 0 Å². The topological polar surface area (TPSA) is 58.3 Å². The van der Waals surface area contributed by atoms with E-state index < -0.39 is 0 Å². The third-order valence-corrected chi connectivity index (χ3v) is 3.73. The van der Waals surface area contributed by atoms with Crippen molar-refractivity contribution in [3.05, 3.63) is 11.9 Å². The summed E-state index contributed by atoms with van der Waals surface area (Å²) in [5.41, 5.74) is 7.08. The second kappa shape index (κ2) is 5.10. The minimum Gasteiger partial charge on any atom is -0.383 e. The van der Waals surface area contributed by atoms with Gasteiger partial charge >= 0.3 is 0 Å². The Labute approximate surface area is 109 Å². The molecule has 0 aromatic carbocycles. The molecule has 0 spiro atoms. The first-order valence-electron chi connectivity index (χ1n) is 6.56. The van der Waals surface area contributed by atoms with Crippen LogP contribution in [0.1, 0.15) is 32.3 Å². The van der Waals surface area contributed by atoms with Crippen LogP contribution in [0.5, 0.6) is 0 Å². The Hall–Kier alpha value is -1.36. The highest BCUT2D eigenvalue weighted by atomic mass is 15.3. The highest BCUT2D eigenvalue weighted by molar-refractivity contribution is 5.58. The maximum Gasteiger partial charge on any atom is 0.137 e. The normalized spacial score (nSPS) is 21.6. The van der Waals surface area contributed by atoms with E-state index in [0.29, 0.717) is 17.8 Å². The lowest BCUT2D eigenvalue weighted by molar-refractivity contribution is 0.233. The molecule has 2 rings (SSSR count). The molecular weight excluding hydrogens is 226 g/mol. The molecule has 2 N–H and O–H groups in total. The van der Waals surface area contributed by atoms with Gasteiger partial charge in [-0.2, -0.15) is 0 Å². The maximum atomic E-state index is 6.00. The quantitative estimate of drug-likeness (QED) is 0.856. The molecule has 1 aliphatic heterocycles. The predicted octanol–water partition coefficient (Wildman–Crippen LogP) is 1.32. The summed E-state index contributed by atoms with van der Waals surface area (Å²) in [6, 6.07) is 0.537. The zero-order chi connectivity index (χ0) is 13.3. The fraction of sp³-hybridized carbons (Fsp3) is 0.692. The first-order valence-corrected chi connectivity index (χ1v) is 6.56. The average Bonchev–Trinajstić information content (AvgIpc) is 2.32. The largest absolute Gasteiger partial charge is 0.383 e. The fourth-order valence-electron chi connectivity index (χ4n) is 2.45. The monoisotopic (exact) mass is 249 g/mol. The van der Waals surface area contributed by atoms with E-state index >= 15 is 0 Å². The van der Waals surface area contributed by atoms with Crippen LogP contribution in [0.4, 0.5) is 11.6 Å². The van der Waals surface area contributed by atoms with Crippen LogP contribution >= 0.6 is 0 Å². The van der Waals surface area contributed by atoms with Crippen molar-refractivity contribution in [3.8, 4) is 0 Å². The first kappa shape index (κ1) is 13.1. The Morgan fingerprint density at radius 2 is 2.06 bits per heavy atom. The fourth-order valence-corrected chi connectivity index (χ4v) is 2.45. The number of nitrogens with two attached hydrogens (primary N) is 1. The number of likely N-dealkylation sites (N-methyl/N-ethyl adjacent to an activating group) is 1. The highest BCUT2D eigenvalue weighted by Gasteiger charge is 2.25. The molecule has 1 unspecified atom stereocenters. The molecule has 1 saturated heterocycles. The Morgan fingerprint density at radius 1 is 1.33 bits per heavy atom. The molecule has 0 amide bonds. The van der Waals surface area contributed by atoms with Gasteiger partial charge in [0.15, 0.2) is 0 Å². The number of nitrogens with zero attached hydrogens (tertiary/aromatic N) is 4. The van der Waals surface area contributed by atoms with Gasteiger partial charge in [-0.05, 0) is 19.9 Å². The molecule has 100 valence electrons. The van der Waals surface area contributed by atoms with Gasteiger partial charge in [0.1, 0.15) is 18.0 Å². The van der Waals surface area contributed by atoms with Crippen molar-refractivity contribution in [2.45, 2.75) is 32.7 Å². The molecule has 1 fully saturated rings. The van der Waals surface area contributed by atoms with Gasteiger partial charge in [0, 0.05) is 31.2 Å². The van der Waals surface area contributed by atoms with Crippen LogP contribution in [-0.2, 0) is 0 Å². The van der Waals surface area contributed by atoms with Gasteiger partial charge in [-0.3, -0.25) is 0 Å². The lowest BCUT2D eigenvalue weighted by atomic mass is 10.0.